The minimum Gasteiger partial charge on any atom is -0.366 e. The number of hydrogen-bond acceptors (Lipinski definition) is 4. The van der Waals surface area contributed by atoms with Gasteiger partial charge in [0.1, 0.15) is 5.84 Å². The number of aromatic nitrogens is 3. The van der Waals surface area contributed by atoms with Gasteiger partial charge in [-0.2, -0.15) is 0 Å². The quantitative estimate of drug-likeness (QED) is 0.219. The number of fused-ring (bicyclic) bond motifs is 7. The van der Waals surface area contributed by atoms with Crippen molar-refractivity contribution in [3.63, 3.8) is 0 Å². The van der Waals surface area contributed by atoms with Crippen molar-refractivity contribution in [3.8, 4) is 17.2 Å². The van der Waals surface area contributed by atoms with Gasteiger partial charge < -0.3 is 5.32 Å². The van der Waals surface area contributed by atoms with Crippen LogP contribution in [0.15, 0.2) is 163 Å². The van der Waals surface area contributed by atoms with Crippen molar-refractivity contribution in [2.45, 2.75) is 0 Å². The molecule has 0 atom stereocenters. The van der Waals surface area contributed by atoms with Gasteiger partial charge in [-0.3, -0.25) is 4.57 Å². The van der Waals surface area contributed by atoms with E-state index in [2.05, 4.69) is 138 Å². The monoisotopic (exact) mass is 603 g/mol. The van der Waals surface area contributed by atoms with E-state index in [0.29, 0.717) is 12.5 Å². The molecule has 0 aliphatic carbocycles. The van der Waals surface area contributed by atoms with Crippen LogP contribution in [0.5, 0.6) is 0 Å². The predicted molar refractivity (Wildman–Crippen MR) is 195 cm³/mol. The number of rotatable bonds is 3. The number of para-hydroxylation sites is 3. The third-order valence-electron chi connectivity index (χ3n) is 8.92. The lowest BCUT2D eigenvalue weighted by atomic mass is 9.99. The molecule has 5 nitrogen and oxygen atoms in total. The molecule has 0 spiro atoms. The zero-order valence-electron chi connectivity index (χ0n) is 25.6. The molecule has 1 N–H and O–H groups in total. The third kappa shape index (κ3) is 4.60. The Morgan fingerprint density at radius 2 is 1.43 bits per heavy atom. The summed E-state index contributed by atoms with van der Waals surface area (Å²) >= 11 is 0. The van der Waals surface area contributed by atoms with Gasteiger partial charge in [0.25, 0.3) is 0 Å². The molecule has 2 aliphatic heterocycles. The smallest absolute Gasteiger partial charge is 0.235 e. The Morgan fingerprint density at radius 1 is 0.660 bits per heavy atom. The molecule has 0 saturated carbocycles. The average molecular weight is 604 g/mol. The Labute approximate surface area is 272 Å². The number of hydrogen-bond donors (Lipinski definition) is 1. The summed E-state index contributed by atoms with van der Waals surface area (Å²) in [6.07, 6.45) is 8.57. The molecule has 9 rings (SSSR count). The molecule has 0 fully saturated rings. The highest BCUT2D eigenvalue weighted by Gasteiger charge is 2.21. The Kier molecular flexibility index (Phi) is 6.28. The molecule has 0 saturated heterocycles. The number of benzene rings is 5. The number of nitrogens with one attached hydrogen (secondary N) is 1. The van der Waals surface area contributed by atoms with E-state index in [1.54, 1.807) is 0 Å². The van der Waals surface area contributed by atoms with Crippen molar-refractivity contribution in [2.24, 2.45) is 4.99 Å². The van der Waals surface area contributed by atoms with Crippen LogP contribution >= 0.6 is 0 Å². The van der Waals surface area contributed by atoms with Crippen molar-refractivity contribution in [3.05, 3.63) is 169 Å². The van der Waals surface area contributed by atoms with Crippen LogP contribution in [-0.4, -0.2) is 26.9 Å². The first-order chi connectivity index (χ1) is 23.2. The standard InChI is InChI=1S/C42H29N5/c1-27-19-20-28(23-24-43-41-35(25-27)31-13-5-8-16-36(31)44-41)30-21-22-39-34(26-30)32-14-7-10-18-38(32)47(39)42-45-37-17-9-6-15-33(37)40(46-42)29-11-3-2-4-12-29/h2-23,25-26H,1,24H2,(H,43,44)/b20-19-,28-23+,35-25?. The molecule has 7 aromatic rings. The molecule has 2 aromatic heterocycles. The van der Waals surface area contributed by atoms with E-state index in [-0.39, 0.29) is 0 Å². The second-order valence-electron chi connectivity index (χ2n) is 11.8. The van der Waals surface area contributed by atoms with Crippen LogP contribution in [0, 0.1) is 0 Å². The molecule has 0 unspecified atom stereocenters. The fraction of sp³-hybridized carbons (Fsp3) is 0.0238. The molecule has 5 heteroatoms. The van der Waals surface area contributed by atoms with Crippen LogP contribution < -0.4 is 5.32 Å². The molecule has 222 valence electrons. The van der Waals surface area contributed by atoms with Gasteiger partial charge in [0.2, 0.25) is 5.95 Å². The van der Waals surface area contributed by atoms with Crippen LogP contribution in [0.2, 0.25) is 0 Å². The predicted octanol–water partition coefficient (Wildman–Crippen LogP) is 9.62. The highest BCUT2D eigenvalue weighted by Crippen LogP contribution is 2.37. The van der Waals surface area contributed by atoms with Crippen LogP contribution in [0.25, 0.3) is 61.1 Å². The fourth-order valence-electron chi connectivity index (χ4n) is 6.71. The van der Waals surface area contributed by atoms with Crippen LogP contribution in [0.3, 0.4) is 0 Å². The molecule has 0 amide bonds. The summed E-state index contributed by atoms with van der Waals surface area (Å²) in [5, 5.41) is 6.88. The minimum absolute atomic E-state index is 0.642. The Morgan fingerprint density at radius 3 is 2.34 bits per heavy atom. The highest BCUT2D eigenvalue weighted by atomic mass is 15.2. The maximum absolute atomic E-state index is 5.21. The summed E-state index contributed by atoms with van der Waals surface area (Å²) in [6, 6.07) is 42.0. The Bertz CT molecular complexity index is 2530. The molecule has 5 aromatic carbocycles. The molecule has 2 aliphatic rings. The van der Waals surface area contributed by atoms with Gasteiger partial charge >= 0.3 is 0 Å². The number of amidine groups is 1. The maximum Gasteiger partial charge on any atom is 0.235 e. The summed E-state index contributed by atoms with van der Waals surface area (Å²) in [6.45, 7) is 4.98. The van der Waals surface area contributed by atoms with Gasteiger partial charge in [-0.15, -0.1) is 0 Å². The largest absolute Gasteiger partial charge is 0.366 e. The Balaban J connectivity index is 1.17. The summed E-state index contributed by atoms with van der Waals surface area (Å²) < 4.78 is 2.19. The zero-order valence-corrected chi connectivity index (χ0v) is 25.6. The van der Waals surface area contributed by atoms with E-state index in [4.69, 9.17) is 15.0 Å². The van der Waals surface area contributed by atoms with Gasteiger partial charge in [-0.05, 0) is 53.1 Å². The van der Waals surface area contributed by atoms with E-state index >= 15 is 0 Å². The third-order valence-corrected chi connectivity index (χ3v) is 8.92. The molecule has 4 heterocycles. The van der Waals surface area contributed by atoms with E-state index in [9.17, 15) is 0 Å². The van der Waals surface area contributed by atoms with E-state index in [0.717, 1.165) is 83.3 Å². The first-order valence-corrected chi connectivity index (χ1v) is 15.8. The van der Waals surface area contributed by atoms with Crippen molar-refractivity contribution < 1.29 is 0 Å². The number of nitrogens with zero attached hydrogens (tertiary/aromatic N) is 4. The number of aliphatic imine (C=N–C) groups is 1. The topological polar surface area (TPSA) is 55.1 Å². The van der Waals surface area contributed by atoms with E-state index in [1.807, 2.05) is 24.3 Å². The zero-order chi connectivity index (χ0) is 31.3. The first-order valence-electron chi connectivity index (χ1n) is 15.8. The van der Waals surface area contributed by atoms with Crippen molar-refractivity contribution >= 4 is 55.4 Å². The fourth-order valence-corrected chi connectivity index (χ4v) is 6.71. The van der Waals surface area contributed by atoms with Gasteiger partial charge in [0.05, 0.1) is 27.9 Å². The average Bonchev–Trinajstić information content (AvgIpc) is 3.64. The van der Waals surface area contributed by atoms with E-state index < -0.39 is 0 Å². The number of allylic oxidation sites excluding steroid dienone is 5. The molecular formula is C42H29N5. The minimum atomic E-state index is 0.642. The van der Waals surface area contributed by atoms with Crippen LogP contribution in [-0.2, 0) is 0 Å². The SMILES string of the molecule is C=C1C=C2C(=Nc3ccccc32)NC/C=C(c2ccc3c(c2)c2ccccc2n3-c2nc(-c3ccccc3)c3ccccc3n2)\C=C/1. The maximum atomic E-state index is 5.21. The normalized spacial score (nSPS) is 16.2. The molecule has 0 bridgehead atoms. The molecular weight excluding hydrogens is 574 g/mol. The lowest BCUT2D eigenvalue weighted by Gasteiger charge is -2.12. The summed E-state index contributed by atoms with van der Waals surface area (Å²) in [5.41, 5.74) is 11.4. The highest BCUT2D eigenvalue weighted by molar-refractivity contribution is 6.28. The van der Waals surface area contributed by atoms with E-state index in [1.165, 1.54) is 0 Å². The van der Waals surface area contributed by atoms with Gasteiger partial charge in [0, 0.05) is 39.4 Å². The second kappa shape index (κ2) is 10.9. The summed E-state index contributed by atoms with van der Waals surface area (Å²) in [7, 11) is 0. The van der Waals surface area contributed by atoms with Gasteiger partial charge in [-0.1, -0.05) is 116 Å². The summed E-state index contributed by atoms with van der Waals surface area (Å²) in [4.78, 5) is 15.2. The lowest BCUT2D eigenvalue weighted by Crippen LogP contribution is -2.23. The summed E-state index contributed by atoms with van der Waals surface area (Å²) in [5.74, 6) is 1.53. The first kappa shape index (κ1) is 27.0. The van der Waals surface area contributed by atoms with Crippen LogP contribution in [0.4, 0.5) is 5.69 Å². The van der Waals surface area contributed by atoms with Gasteiger partial charge in [0.15, 0.2) is 0 Å². The second-order valence-corrected chi connectivity index (χ2v) is 11.8. The van der Waals surface area contributed by atoms with Crippen molar-refractivity contribution in [2.75, 3.05) is 6.54 Å². The van der Waals surface area contributed by atoms with Gasteiger partial charge in [-0.25, -0.2) is 15.0 Å². The Hall–Kier alpha value is -6.33. The van der Waals surface area contributed by atoms with Crippen molar-refractivity contribution in [1.29, 1.82) is 0 Å². The van der Waals surface area contributed by atoms with Crippen molar-refractivity contribution in [1.82, 2.24) is 19.9 Å². The lowest BCUT2D eigenvalue weighted by molar-refractivity contribution is 1.01. The van der Waals surface area contributed by atoms with Crippen LogP contribution in [0.1, 0.15) is 11.1 Å². The molecule has 0 radical (unpaired) electrons. The molecule has 47 heavy (non-hydrogen) atoms.